The fourth-order valence-electron chi connectivity index (χ4n) is 4.82. The van der Waals surface area contributed by atoms with Crippen molar-refractivity contribution in [3.8, 4) is 5.75 Å². The molecule has 41 heavy (non-hydrogen) atoms. The average Bonchev–Trinajstić information content (AvgIpc) is 3.30. The molecular weight excluding hydrogens is 532 g/mol. The molecule has 0 unspecified atom stereocenters. The molecule has 6 nitrogen and oxygen atoms in total. The number of nitrogens with zero attached hydrogens (tertiary/aromatic N) is 2. The Kier molecular flexibility index (Phi) is 8.45. The molecule has 1 aliphatic rings. The van der Waals surface area contributed by atoms with Crippen molar-refractivity contribution in [3.05, 3.63) is 139 Å². The van der Waals surface area contributed by atoms with E-state index in [4.69, 9.17) is 14.5 Å². The summed E-state index contributed by atoms with van der Waals surface area (Å²) in [6.45, 7) is 10.3. The predicted molar refractivity (Wildman–Crippen MR) is 164 cm³/mol. The summed E-state index contributed by atoms with van der Waals surface area (Å²) in [4.78, 5) is 33.1. The third-order valence-corrected chi connectivity index (χ3v) is 7.80. The second kappa shape index (κ2) is 12.4. The van der Waals surface area contributed by atoms with Crippen LogP contribution in [0.25, 0.3) is 11.8 Å². The number of carbonyl (C=O) groups is 1. The van der Waals surface area contributed by atoms with Gasteiger partial charge in [-0.3, -0.25) is 9.36 Å². The Hall–Kier alpha value is -4.49. The highest BCUT2D eigenvalue weighted by Crippen LogP contribution is 2.35. The van der Waals surface area contributed by atoms with Crippen molar-refractivity contribution in [2.45, 2.75) is 32.7 Å². The summed E-state index contributed by atoms with van der Waals surface area (Å²) in [6, 6.07) is 24.5. The molecule has 0 aliphatic carbocycles. The molecule has 0 spiro atoms. The molecule has 4 aromatic rings. The van der Waals surface area contributed by atoms with Gasteiger partial charge < -0.3 is 9.47 Å². The Balaban J connectivity index is 1.76. The van der Waals surface area contributed by atoms with Gasteiger partial charge in [-0.2, -0.15) is 0 Å². The van der Waals surface area contributed by atoms with Crippen LogP contribution in [0.5, 0.6) is 5.75 Å². The van der Waals surface area contributed by atoms with Crippen LogP contribution < -0.4 is 19.6 Å². The van der Waals surface area contributed by atoms with Crippen LogP contribution in [0.1, 0.15) is 55.0 Å². The van der Waals surface area contributed by atoms with Crippen molar-refractivity contribution in [2.75, 3.05) is 13.2 Å². The summed E-state index contributed by atoms with van der Waals surface area (Å²) in [5.74, 6) is 0.539. The number of thiazole rings is 1. The zero-order valence-corrected chi connectivity index (χ0v) is 24.2. The van der Waals surface area contributed by atoms with Crippen LogP contribution in [-0.2, 0) is 9.53 Å². The first-order valence-corrected chi connectivity index (χ1v) is 14.4. The molecule has 208 valence electrons. The van der Waals surface area contributed by atoms with Crippen LogP contribution in [0.15, 0.2) is 107 Å². The maximum absolute atomic E-state index is 14.1. The van der Waals surface area contributed by atoms with E-state index >= 15 is 0 Å². The SMILES string of the molecule is C=CCOc1cccc(/C=c2\sc3n(c2=O)[C@@H](c2ccc(C(C)C)cc2)C(C(=O)OCC)=C(c2ccccc2)N=3)c1. The van der Waals surface area contributed by atoms with E-state index in [1.165, 1.54) is 16.9 Å². The van der Waals surface area contributed by atoms with Gasteiger partial charge in [-0.15, -0.1) is 0 Å². The molecule has 7 heteroatoms. The van der Waals surface area contributed by atoms with Gasteiger partial charge in [0, 0.05) is 5.56 Å². The van der Waals surface area contributed by atoms with Crippen LogP contribution >= 0.6 is 11.3 Å². The molecule has 1 aromatic heterocycles. The lowest BCUT2D eigenvalue weighted by atomic mass is 9.91. The molecule has 0 amide bonds. The molecule has 0 saturated carbocycles. The summed E-state index contributed by atoms with van der Waals surface area (Å²) in [7, 11) is 0. The summed E-state index contributed by atoms with van der Waals surface area (Å²) in [6.07, 6.45) is 3.52. The highest BCUT2D eigenvalue weighted by molar-refractivity contribution is 7.07. The van der Waals surface area contributed by atoms with E-state index in [0.29, 0.717) is 38.9 Å². The molecule has 1 aliphatic heterocycles. The van der Waals surface area contributed by atoms with E-state index in [1.54, 1.807) is 17.6 Å². The Morgan fingerprint density at radius 1 is 1.07 bits per heavy atom. The molecule has 2 heterocycles. The normalized spacial score (nSPS) is 14.9. The number of esters is 1. The van der Waals surface area contributed by atoms with Gasteiger partial charge in [-0.25, -0.2) is 9.79 Å². The first-order valence-electron chi connectivity index (χ1n) is 13.6. The molecule has 0 fully saturated rings. The molecule has 0 radical (unpaired) electrons. The van der Waals surface area contributed by atoms with E-state index in [9.17, 15) is 9.59 Å². The van der Waals surface area contributed by atoms with Gasteiger partial charge >= 0.3 is 5.97 Å². The molecule has 1 atom stereocenters. The van der Waals surface area contributed by atoms with Gasteiger partial charge in [0.25, 0.3) is 5.56 Å². The number of hydrogen-bond donors (Lipinski definition) is 0. The topological polar surface area (TPSA) is 69.9 Å². The Bertz CT molecular complexity index is 1780. The number of fused-ring (bicyclic) bond motifs is 1. The van der Waals surface area contributed by atoms with Crippen LogP contribution in [0, 0.1) is 0 Å². The van der Waals surface area contributed by atoms with Gasteiger partial charge in [-0.1, -0.05) is 105 Å². The molecule has 5 rings (SSSR count). The fraction of sp³-hybridized carbons (Fsp3) is 0.206. The van der Waals surface area contributed by atoms with Crippen LogP contribution in [0.3, 0.4) is 0 Å². The standard InChI is InChI=1S/C34H32N2O4S/c1-5-19-40-27-14-10-11-23(20-27)21-28-32(37)36-31(26-17-15-24(16-18-26)22(3)4)29(33(38)39-6-2)30(35-34(36)41-28)25-12-8-7-9-13-25/h5,7-18,20-22,31H,1,6,19H2,2-4H3/b28-21-/t31-/m0/s1. The molecule has 0 N–H and O–H groups in total. The number of carbonyl (C=O) groups excluding carboxylic acids is 1. The second-order valence-electron chi connectivity index (χ2n) is 9.93. The number of hydrogen-bond acceptors (Lipinski definition) is 6. The molecular formula is C34H32N2O4S. The van der Waals surface area contributed by atoms with Crippen molar-refractivity contribution in [3.63, 3.8) is 0 Å². The van der Waals surface area contributed by atoms with Crippen molar-refractivity contribution in [2.24, 2.45) is 4.99 Å². The number of aromatic nitrogens is 1. The van der Waals surface area contributed by atoms with E-state index in [0.717, 1.165) is 16.7 Å². The van der Waals surface area contributed by atoms with Gasteiger partial charge in [0.1, 0.15) is 12.4 Å². The minimum atomic E-state index is -0.703. The van der Waals surface area contributed by atoms with Gasteiger partial charge in [0.05, 0.1) is 28.5 Å². The fourth-order valence-corrected chi connectivity index (χ4v) is 5.82. The summed E-state index contributed by atoms with van der Waals surface area (Å²) >= 11 is 1.30. The zero-order valence-electron chi connectivity index (χ0n) is 23.4. The minimum absolute atomic E-state index is 0.206. The molecule has 0 bridgehead atoms. The lowest BCUT2D eigenvalue weighted by Crippen LogP contribution is -2.40. The molecule has 3 aromatic carbocycles. The van der Waals surface area contributed by atoms with Crippen LogP contribution in [-0.4, -0.2) is 23.8 Å². The number of ether oxygens (including phenoxy) is 2. The van der Waals surface area contributed by atoms with Crippen LogP contribution in [0.4, 0.5) is 0 Å². The maximum atomic E-state index is 14.1. The predicted octanol–water partition coefficient (Wildman–Crippen LogP) is 5.62. The first kappa shape index (κ1) is 28.1. The molecule has 0 saturated heterocycles. The lowest BCUT2D eigenvalue weighted by molar-refractivity contribution is -0.138. The Labute approximate surface area is 243 Å². The summed E-state index contributed by atoms with van der Waals surface area (Å²) < 4.78 is 13.4. The Morgan fingerprint density at radius 3 is 2.51 bits per heavy atom. The van der Waals surface area contributed by atoms with E-state index in [2.05, 4.69) is 32.6 Å². The summed E-state index contributed by atoms with van der Waals surface area (Å²) in [5, 5.41) is 0. The van der Waals surface area contributed by atoms with E-state index in [1.807, 2.05) is 72.8 Å². The maximum Gasteiger partial charge on any atom is 0.338 e. The highest BCUT2D eigenvalue weighted by Gasteiger charge is 2.35. The van der Waals surface area contributed by atoms with Crippen molar-refractivity contribution < 1.29 is 14.3 Å². The number of rotatable bonds is 9. The van der Waals surface area contributed by atoms with Gasteiger partial charge in [0.15, 0.2) is 4.80 Å². The van der Waals surface area contributed by atoms with E-state index in [-0.39, 0.29) is 12.2 Å². The first-order chi connectivity index (χ1) is 19.9. The van der Waals surface area contributed by atoms with Crippen molar-refractivity contribution in [1.82, 2.24) is 4.57 Å². The van der Waals surface area contributed by atoms with Gasteiger partial charge in [0.2, 0.25) is 0 Å². The third-order valence-electron chi connectivity index (χ3n) is 6.82. The monoisotopic (exact) mass is 564 g/mol. The van der Waals surface area contributed by atoms with E-state index < -0.39 is 12.0 Å². The third kappa shape index (κ3) is 5.86. The number of benzene rings is 3. The van der Waals surface area contributed by atoms with Gasteiger partial charge in [-0.05, 0) is 47.7 Å². The largest absolute Gasteiger partial charge is 0.490 e. The summed E-state index contributed by atoms with van der Waals surface area (Å²) in [5.41, 5.74) is 4.21. The van der Waals surface area contributed by atoms with Crippen LogP contribution in [0.2, 0.25) is 0 Å². The van der Waals surface area contributed by atoms with Crippen molar-refractivity contribution in [1.29, 1.82) is 0 Å². The quantitative estimate of drug-likeness (QED) is 0.195. The Morgan fingerprint density at radius 2 is 1.83 bits per heavy atom. The minimum Gasteiger partial charge on any atom is -0.490 e. The van der Waals surface area contributed by atoms with Crippen molar-refractivity contribution >= 4 is 29.1 Å². The smallest absolute Gasteiger partial charge is 0.338 e. The zero-order chi connectivity index (χ0) is 28.9. The second-order valence-corrected chi connectivity index (χ2v) is 10.9. The lowest BCUT2D eigenvalue weighted by Gasteiger charge is -2.26. The highest BCUT2D eigenvalue weighted by atomic mass is 32.1. The average molecular weight is 565 g/mol.